The molecule has 0 saturated carbocycles. The van der Waals surface area contributed by atoms with Crippen molar-refractivity contribution >= 4 is 23.7 Å². The van der Waals surface area contributed by atoms with E-state index in [1.54, 1.807) is 28.9 Å². The molecule has 4 rings (SSSR count). The fraction of sp³-hybridized carbons (Fsp3) is 0.318. The Morgan fingerprint density at radius 3 is 2.52 bits per heavy atom. The van der Waals surface area contributed by atoms with Gasteiger partial charge in [0.1, 0.15) is 17.4 Å². The van der Waals surface area contributed by atoms with Gasteiger partial charge in [0.2, 0.25) is 0 Å². The van der Waals surface area contributed by atoms with Gasteiger partial charge in [0.05, 0.1) is 6.20 Å². The zero-order chi connectivity index (χ0) is 21.6. The molecule has 0 bridgehead atoms. The SMILES string of the molecule is Cn1ccnc1SCCc1ccc(OC(=O)N2CCN(c3ccc(F)cn3)CC2)cc1. The molecule has 1 fully saturated rings. The number of carbonyl (C=O) groups excluding carboxylic acids is 1. The third-order valence-electron chi connectivity index (χ3n) is 5.10. The first-order chi connectivity index (χ1) is 15.1. The maximum Gasteiger partial charge on any atom is 0.415 e. The molecule has 0 atom stereocenters. The zero-order valence-corrected chi connectivity index (χ0v) is 18.1. The molecule has 2 aromatic heterocycles. The van der Waals surface area contributed by atoms with E-state index in [9.17, 15) is 9.18 Å². The third kappa shape index (κ3) is 5.55. The topological polar surface area (TPSA) is 63.5 Å². The van der Waals surface area contributed by atoms with Crippen molar-refractivity contribution < 1.29 is 13.9 Å². The van der Waals surface area contributed by atoms with Crippen LogP contribution in [0.2, 0.25) is 0 Å². The van der Waals surface area contributed by atoms with Gasteiger partial charge in [-0.05, 0) is 36.2 Å². The van der Waals surface area contributed by atoms with Gasteiger partial charge < -0.3 is 19.1 Å². The van der Waals surface area contributed by atoms with Gasteiger partial charge >= 0.3 is 6.09 Å². The summed E-state index contributed by atoms with van der Waals surface area (Å²) >= 11 is 1.71. The molecule has 1 aliphatic heterocycles. The molecule has 31 heavy (non-hydrogen) atoms. The highest BCUT2D eigenvalue weighted by molar-refractivity contribution is 7.99. The molecule has 0 radical (unpaired) electrons. The smallest absolute Gasteiger partial charge is 0.410 e. The van der Waals surface area contributed by atoms with Crippen LogP contribution in [0.1, 0.15) is 5.56 Å². The fourth-order valence-electron chi connectivity index (χ4n) is 3.31. The Morgan fingerprint density at radius 2 is 1.87 bits per heavy atom. The van der Waals surface area contributed by atoms with Gasteiger partial charge in [-0.15, -0.1) is 0 Å². The number of pyridine rings is 1. The number of ether oxygens (including phenoxy) is 1. The number of rotatable bonds is 6. The number of anilines is 1. The van der Waals surface area contributed by atoms with Crippen LogP contribution in [0, 0.1) is 5.82 Å². The zero-order valence-electron chi connectivity index (χ0n) is 17.3. The second-order valence-corrected chi connectivity index (χ2v) is 8.30. The second kappa shape index (κ2) is 9.82. The van der Waals surface area contributed by atoms with Crippen LogP contribution in [0.3, 0.4) is 0 Å². The number of hydrogen-bond acceptors (Lipinski definition) is 6. The standard InChI is InChI=1S/C22H24FN5O2S/c1-26-10-9-24-21(26)31-15-8-17-2-5-19(6-3-17)30-22(29)28-13-11-27(12-14-28)20-7-4-18(23)16-25-20/h2-7,9-10,16H,8,11-15H2,1H3. The molecule has 0 spiro atoms. The summed E-state index contributed by atoms with van der Waals surface area (Å²) in [4.78, 5) is 24.6. The molecule has 0 N–H and O–H groups in total. The molecule has 162 valence electrons. The Kier molecular flexibility index (Phi) is 6.71. The molecule has 3 heterocycles. The largest absolute Gasteiger partial charge is 0.415 e. The number of imidazole rings is 1. The van der Waals surface area contributed by atoms with Crippen molar-refractivity contribution in [2.75, 3.05) is 36.8 Å². The average Bonchev–Trinajstić information content (AvgIpc) is 3.20. The Balaban J connectivity index is 1.22. The van der Waals surface area contributed by atoms with E-state index in [0.29, 0.717) is 37.7 Å². The van der Waals surface area contributed by atoms with Gasteiger partial charge in [-0.1, -0.05) is 23.9 Å². The number of aryl methyl sites for hydroxylation is 2. The number of halogens is 1. The number of thioether (sulfide) groups is 1. The molecule has 9 heteroatoms. The summed E-state index contributed by atoms with van der Waals surface area (Å²) < 4.78 is 20.6. The second-order valence-electron chi connectivity index (χ2n) is 7.24. The molecule has 1 aliphatic rings. The molecular formula is C22H24FN5O2S. The van der Waals surface area contributed by atoms with Crippen LogP contribution in [-0.4, -0.2) is 57.5 Å². The van der Waals surface area contributed by atoms with Crippen molar-refractivity contribution in [2.45, 2.75) is 11.6 Å². The summed E-state index contributed by atoms with van der Waals surface area (Å²) in [7, 11) is 1.98. The van der Waals surface area contributed by atoms with E-state index in [-0.39, 0.29) is 11.9 Å². The van der Waals surface area contributed by atoms with E-state index in [0.717, 1.165) is 17.3 Å². The molecule has 0 aliphatic carbocycles. The molecule has 7 nitrogen and oxygen atoms in total. The lowest BCUT2D eigenvalue weighted by molar-refractivity contribution is 0.149. The minimum atomic E-state index is -0.358. The van der Waals surface area contributed by atoms with Crippen molar-refractivity contribution in [1.82, 2.24) is 19.4 Å². The molecule has 1 saturated heterocycles. The Morgan fingerprint density at radius 1 is 1.10 bits per heavy atom. The number of piperazine rings is 1. The Labute approximate surface area is 184 Å². The third-order valence-corrected chi connectivity index (χ3v) is 6.16. The van der Waals surface area contributed by atoms with Crippen LogP contribution >= 0.6 is 11.8 Å². The maximum atomic E-state index is 13.0. The predicted octanol–water partition coefficient (Wildman–Crippen LogP) is 3.61. The van der Waals surface area contributed by atoms with E-state index >= 15 is 0 Å². The highest BCUT2D eigenvalue weighted by Gasteiger charge is 2.23. The van der Waals surface area contributed by atoms with Crippen molar-refractivity contribution in [3.63, 3.8) is 0 Å². The molecule has 0 unspecified atom stereocenters. The van der Waals surface area contributed by atoms with E-state index in [4.69, 9.17) is 4.74 Å². The van der Waals surface area contributed by atoms with Crippen molar-refractivity contribution in [1.29, 1.82) is 0 Å². The quantitative estimate of drug-likeness (QED) is 0.545. The summed E-state index contributed by atoms with van der Waals surface area (Å²) in [6.07, 6.45) is 5.49. The molecular weight excluding hydrogens is 417 g/mol. The minimum absolute atomic E-state index is 0.357. The lowest BCUT2D eigenvalue weighted by atomic mass is 10.2. The van der Waals surface area contributed by atoms with E-state index in [1.807, 2.05) is 47.0 Å². The highest BCUT2D eigenvalue weighted by atomic mass is 32.2. The fourth-order valence-corrected chi connectivity index (χ4v) is 4.23. The van der Waals surface area contributed by atoms with Gasteiger partial charge in [0.15, 0.2) is 5.16 Å². The summed E-state index contributed by atoms with van der Waals surface area (Å²) in [5, 5.41) is 1.00. The summed E-state index contributed by atoms with van der Waals surface area (Å²) in [5.74, 6) is 1.82. The summed E-state index contributed by atoms with van der Waals surface area (Å²) in [6.45, 7) is 2.31. The molecule has 1 aromatic carbocycles. The van der Waals surface area contributed by atoms with Crippen LogP contribution in [-0.2, 0) is 13.5 Å². The van der Waals surface area contributed by atoms with Gasteiger partial charge in [-0.25, -0.2) is 19.2 Å². The average molecular weight is 442 g/mol. The molecule has 3 aromatic rings. The first kappa shape index (κ1) is 21.2. The van der Waals surface area contributed by atoms with Crippen LogP contribution in [0.15, 0.2) is 60.1 Å². The number of benzene rings is 1. The van der Waals surface area contributed by atoms with Crippen LogP contribution in [0.5, 0.6) is 5.75 Å². The number of hydrogen-bond donors (Lipinski definition) is 0. The van der Waals surface area contributed by atoms with Crippen molar-refractivity contribution in [3.05, 3.63) is 66.4 Å². The van der Waals surface area contributed by atoms with E-state index in [2.05, 4.69) is 9.97 Å². The Hall–Kier alpha value is -3.07. The van der Waals surface area contributed by atoms with Crippen LogP contribution < -0.4 is 9.64 Å². The van der Waals surface area contributed by atoms with Crippen LogP contribution in [0.4, 0.5) is 15.0 Å². The first-order valence-electron chi connectivity index (χ1n) is 10.1. The summed E-state index contributed by atoms with van der Waals surface area (Å²) in [6, 6.07) is 10.7. The number of carbonyl (C=O) groups is 1. The van der Waals surface area contributed by atoms with Crippen molar-refractivity contribution in [2.24, 2.45) is 7.05 Å². The monoisotopic (exact) mass is 441 g/mol. The predicted molar refractivity (Wildman–Crippen MR) is 118 cm³/mol. The lowest BCUT2D eigenvalue weighted by Gasteiger charge is -2.34. The normalized spacial score (nSPS) is 14.0. The Bertz CT molecular complexity index is 1000. The van der Waals surface area contributed by atoms with Gasteiger partial charge in [0, 0.05) is 51.4 Å². The van der Waals surface area contributed by atoms with Gasteiger partial charge in [-0.3, -0.25) is 0 Å². The van der Waals surface area contributed by atoms with E-state index < -0.39 is 0 Å². The first-order valence-corrected chi connectivity index (χ1v) is 11.1. The van der Waals surface area contributed by atoms with Crippen molar-refractivity contribution in [3.8, 4) is 5.75 Å². The highest BCUT2D eigenvalue weighted by Crippen LogP contribution is 2.19. The number of amides is 1. The number of nitrogens with zero attached hydrogens (tertiary/aromatic N) is 5. The van der Waals surface area contributed by atoms with Gasteiger partial charge in [0.25, 0.3) is 0 Å². The maximum absolute atomic E-state index is 13.0. The minimum Gasteiger partial charge on any atom is -0.410 e. The summed E-state index contributed by atoms with van der Waals surface area (Å²) in [5.41, 5.74) is 1.18. The lowest BCUT2D eigenvalue weighted by Crippen LogP contribution is -2.49. The van der Waals surface area contributed by atoms with Crippen LogP contribution in [0.25, 0.3) is 0 Å². The molecule has 1 amide bonds. The number of aromatic nitrogens is 3. The van der Waals surface area contributed by atoms with Gasteiger partial charge in [-0.2, -0.15) is 0 Å². The van der Waals surface area contributed by atoms with E-state index in [1.165, 1.54) is 17.8 Å².